The summed E-state index contributed by atoms with van der Waals surface area (Å²) in [6.07, 6.45) is 1.65. The summed E-state index contributed by atoms with van der Waals surface area (Å²) in [7, 11) is 0. The van der Waals surface area contributed by atoms with Gasteiger partial charge in [0.05, 0.1) is 12.0 Å². The number of pyridine rings is 1. The summed E-state index contributed by atoms with van der Waals surface area (Å²) in [5, 5.41) is 18.9. The highest BCUT2D eigenvalue weighted by molar-refractivity contribution is 5.69. The summed E-state index contributed by atoms with van der Waals surface area (Å²) in [4.78, 5) is 4.05. The average molecular weight is 173 g/mol. The molecule has 13 heavy (non-hydrogen) atoms. The molecule has 2 heterocycles. The molecule has 5 nitrogen and oxygen atoms in total. The van der Waals surface area contributed by atoms with E-state index >= 15 is 0 Å². The average Bonchev–Trinajstić information content (AvgIpc) is 2.63. The van der Waals surface area contributed by atoms with E-state index in [1.165, 1.54) is 0 Å². The maximum atomic E-state index is 8.69. The van der Waals surface area contributed by atoms with Gasteiger partial charge in [-0.05, 0) is 18.6 Å². The van der Waals surface area contributed by atoms with Gasteiger partial charge in [0.1, 0.15) is 5.52 Å². The molecule has 0 saturated carbocycles. The largest absolute Gasteiger partial charge is 0.233 e. The maximum Gasteiger partial charge on any atom is 0.201 e. The van der Waals surface area contributed by atoms with E-state index in [-0.39, 0.29) is 5.92 Å². The quantitative estimate of drug-likeness (QED) is 0.697. The summed E-state index contributed by atoms with van der Waals surface area (Å²) in [6.45, 7) is 1.82. The minimum Gasteiger partial charge on any atom is -0.233 e. The minimum absolute atomic E-state index is 0.159. The van der Waals surface area contributed by atoms with Crippen molar-refractivity contribution in [2.24, 2.45) is 0 Å². The lowest BCUT2D eigenvalue weighted by Crippen LogP contribution is -1.90. The lowest BCUT2D eigenvalue weighted by Gasteiger charge is -1.99. The van der Waals surface area contributed by atoms with E-state index in [9.17, 15) is 0 Å². The Labute approximate surface area is 74.4 Å². The third-order valence-electron chi connectivity index (χ3n) is 1.89. The third-order valence-corrected chi connectivity index (χ3v) is 1.89. The van der Waals surface area contributed by atoms with E-state index in [1.807, 2.05) is 13.0 Å². The van der Waals surface area contributed by atoms with Crippen LogP contribution in [0.1, 0.15) is 18.4 Å². The van der Waals surface area contributed by atoms with Gasteiger partial charge in [0.25, 0.3) is 0 Å². The summed E-state index contributed by atoms with van der Waals surface area (Å²) < 4.78 is 0. The zero-order valence-electron chi connectivity index (χ0n) is 7.02. The van der Waals surface area contributed by atoms with Gasteiger partial charge in [-0.15, -0.1) is 5.10 Å². The molecule has 0 saturated heterocycles. The van der Waals surface area contributed by atoms with Gasteiger partial charge in [0.15, 0.2) is 0 Å². The standard InChI is InChI=1S/C8H7N5/c1-5(3-9)6-2-7-8(10-4-6)12-13-11-7/h2,4-5H,1H3,(H,10,11,12,13). The highest BCUT2D eigenvalue weighted by Crippen LogP contribution is 2.15. The maximum absolute atomic E-state index is 8.69. The van der Waals surface area contributed by atoms with Crippen LogP contribution in [0.25, 0.3) is 11.2 Å². The first-order valence-electron chi connectivity index (χ1n) is 3.87. The molecule has 1 N–H and O–H groups in total. The number of aromatic nitrogens is 4. The van der Waals surface area contributed by atoms with Gasteiger partial charge in [-0.25, -0.2) is 4.98 Å². The van der Waals surface area contributed by atoms with E-state index in [1.54, 1.807) is 6.20 Å². The molecule has 1 unspecified atom stereocenters. The zero-order chi connectivity index (χ0) is 9.26. The van der Waals surface area contributed by atoms with E-state index in [4.69, 9.17) is 5.26 Å². The van der Waals surface area contributed by atoms with Crippen LogP contribution in [0.15, 0.2) is 12.3 Å². The Bertz CT molecular complexity index is 467. The zero-order valence-corrected chi connectivity index (χ0v) is 7.02. The van der Waals surface area contributed by atoms with Crippen LogP contribution in [0, 0.1) is 11.3 Å². The molecule has 0 radical (unpaired) electrons. The van der Waals surface area contributed by atoms with Crippen LogP contribution in [0.5, 0.6) is 0 Å². The van der Waals surface area contributed by atoms with Crippen LogP contribution in [0.3, 0.4) is 0 Å². The molecular weight excluding hydrogens is 166 g/mol. The number of nitrogens with one attached hydrogen (secondary N) is 1. The number of H-pyrrole nitrogens is 1. The number of rotatable bonds is 1. The van der Waals surface area contributed by atoms with Crippen LogP contribution < -0.4 is 0 Å². The highest BCUT2D eigenvalue weighted by atomic mass is 15.3. The van der Waals surface area contributed by atoms with Gasteiger partial charge in [0, 0.05) is 6.20 Å². The number of aromatic amines is 1. The summed E-state index contributed by atoms with van der Waals surface area (Å²) in [5.41, 5.74) is 2.14. The fourth-order valence-electron chi connectivity index (χ4n) is 1.07. The second-order valence-electron chi connectivity index (χ2n) is 2.79. The fraction of sp³-hybridized carbons (Fsp3) is 0.250. The molecule has 2 rings (SSSR count). The Morgan fingerprint density at radius 1 is 1.54 bits per heavy atom. The molecule has 0 spiro atoms. The van der Waals surface area contributed by atoms with Crippen molar-refractivity contribution in [2.45, 2.75) is 12.8 Å². The van der Waals surface area contributed by atoms with E-state index in [2.05, 4.69) is 26.5 Å². The van der Waals surface area contributed by atoms with Gasteiger partial charge in [-0.3, -0.25) is 0 Å². The number of hydrogen-bond acceptors (Lipinski definition) is 4. The number of hydrogen-bond donors (Lipinski definition) is 1. The van der Waals surface area contributed by atoms with Gasteiger partial charge < -0.3 is 0 Å². The first kappa shape index (κ1) is 7.68. The van der Waals surface area contributed by atoms with Gasteiger partial charge in [-0.1, -0.05) is 0 Å². The molecule has 0 aromatic carbocycles. The van der Waals surface area contributed by atoms with Gasteiger partial charge >= 0.3 is 0 Å². The van der Waals surface area contributed by atoms with E-state index < -0.39 is 0 Å². The number of fused-ring (bicyclic) bond motifs is 1. The Kier molecular flexibility index (Phi) is 1.67. The summed E-state index contributed by atoms with van der Waals surface area (Å²) >= 11 is 0. The molecule has 64 valence electrons. The van der Waals surface area contributed by atoms with E-state index in [0.29, 0.717) is 11.2 Å². The summed E-state index contributed by atoms with van der Waals surface area (Å²) in [5.74, 6) is -0.159. The molecule has 0 amide bonds. The number of nitrogens with zero attached hydrogens (tertiary/aromatic N) is 4. The lowest BCUT2D eigenvalue weighted by molar-refractivity contribution is 0.954. The van der Waals surface area contributed by atoms with Crippen LogP contribution >= 0.6 is 0 Å². The molecule has 0 aliphatic rings. The van der Waals surface area contributed by atoms with Crippen LogP contribution in [0.2, 0.25) is 0 Å². The number of nitriles is 1. The van der Waals surface area contributed by atoms with Crippen LogP contribution in [0.4, 0.5) is 0 Å². The first-order chi connectivity index (χ1) is 6.31. The van der Waals surface area contributed by atoms with E-state index in [0.717, 1.165) is 5.56 Å². The van der Waals surface area contributed by atoms with Gasteiger partial charge in [0.2, 0.25) is 5.65 Å². The Balaban J connectivity index is 2.55. The third kappa shape index (κ3) is 1.22. The van der Waals surface area contributed by atoms with Crippen molar-refractivity contribution >= 4 is 11.2 Å². The molecule has 0 bridgehead atoms. The topological polar surface area (TPSA) is 78.2 Å². The Morgan fingerprint density at radius 2 is 2.38 bits per heavy atom. The van der Waals surface area contributed by atoms with Crippen molar-refractivity contribution in [3.63, 3.8) is 0 Å². The monoisotopic (exact) mass is 173 g/mol. The van der Waals surface area contributed by atoms with Crippen molar-refractivity contribution in [1.82, 2.24) is 20.4 Å². The molecule has 0 fully saturated rings. The predicted octanol–water partition coefficient (Wildman–Crippen LogP) is 0.980. The second-order valence-corrected chi connectivity index (χ2v) is 2.79. The van der Waals surface area contributed by atoms with Crippen molar-refractivity contribution in [1.29, 1.82) is 5.26 Å². The molecule has 0 aliphatic carbocycles. The lowest BCUT2D eigenvalue weighted by atomic mass is 10.1. The molecular formula is C8H7N5. The highest BCUT2D eigenvalue weighted by Gasteiger charge is 2.06. The molecule has 0 aliphatic heterocycles. The Morgan fingerprint density at radius 3 is 3.15 bits per heavy atom. The smallest absolute Gasteiger partial charge is 0.201 e. The summed E-state index contributed by atoms with van der Waals surface area (Å²) in [6, 6.07) is 3.96. The predicted molar refractivity (Wildman–Crippen MR) is 45.7 cm³/mol. The molecule has 2 aromatic rings. The Hall–Kier alpha value is -1.96. The fourth-order valence-corrected chi connectivity index (χ4v) is 1.07. The normalized spacial score (nSPS) is 12.6. The van der Waals surface area contributed by atoms with Crippen LogP contribution in [-0.2, 0) is 0 Å². The van der Waals surface area contributed by atoms with Gasteiger partial charge in [-0.2, -0.15) is 15.6 Å². The minimum atomic E-state index is -0.159. The van der Waals surface area contributed by atoms with Crippen LogP contribution in [-0.4, -0.2) is 20.4 Å². The van der Waals surface area contributed by atoms with Crippen molar-refractivity contribution in [3.8, 4) is 6.07 Å². The van der Waals surface area contributed by atoms with Crippen molar-refractivity contribution < 1.29 is 0 Å². The first-order valence-corrected chi connectivity index (χ1v) is 3.87. The van der Waals surface area contributed by atoms with Crippen molar-refractivity contribution in [2.75, 3.05) is 0 Å². The van der Waals surface area contributed by atoms with Crippen molar-refractivity contribution in [3.05, 3.63) is 17.8 Å². The SMILES string of the molecule is CC(C#N)c1cnc2n[nH]nc2c1. The molecule has 1 atom stereocenters. The molecule has 5 heteroatoms. The molecule has 2 aromatic heterocycles. The second kappa shape index (κ2) is 2.83.